The molecule has 2 heterocycles. The van der Waals surface area contributed by atoms with Crippen LogP contribution < -0.4 is 4.90 Å². The van der Waals surface area contributed by atoms with Crippen LogP contribution >= 0.6 is 11.3 Å². The summed E-state index contributed by atoms with van der Waals surface area (Å²) in [6.45, 7) is 1.39. The second kappa shape index (κ2) is 5.13. The first-order valence-corrected chi connectivity index (χ1v) is 7.98. The molecular weight excluding hydrogens is 309 g/mol. The molecule has 0 radical (unpaired) electrons. The molecule has 1 amide bonds. The first-order chi connectivity index (χ1) is 9.25. The topological polar surface area (TPSA) is 80.8 Å². The molecule has 0 aromatic carbocycles. The van der Waals surface area contributed by atoms with E-state index in [0.29, 0.717) is 10.6 Å². The Morgan fingerprint density at radius 1 is 1.55 bits per heavy atom. The quantitative estimate of drug-likeness (QED) is 0.618. The van der Waals surface area contributed by atoms with E-state index in [2.05, 4.69) is 4.74 Å². The van der Waals surface area contributed by atoms with Gasteiger partial charge in [-0.2, -0.15) is 8.42 Å². The summed E-state index contributed by atoms with van der Waals surface area (Å²) >= 11 is 1.12. The lowest BCUT2D eigenvalue weighted by Crippen LogP contribution is -2.27. The van der Waals surface area contributed by atoms with Crippen molar-refractivity contribution in [1.29, 1.82) is 0 Å². The summed E-state index contributed by atoms with van der Waals surface area (Å²) < 4.78 is 39.4. The van der Waals surface area contributed by atoms with E-state index < -0.39 is 33.8 Å². The van der Waals surface area contributed by atoms with E-state index >= 15 is 0 Å². The van der Waals surface area contributed by atoms with Crippen molar-refractivity contribution in [2.45, 2.75) is 18.6 Å². The number of aryl methyl sites for hydroxylation is 1. The van der Waals surface area contributed by atoms with E-state index in [4.69, 9.17) is 0 Å². The van der Waals surface area contributed by atoms with Crippen molar-refractivity contribution < 1.29 is 26.6 Å². The second-order valence-corrected chi connectivity index (χ2v) is 6.87. The van der Waals surface area contributed by atoms with Gasteiger partial charge in [-0.3, -0.25) is 4.79 Å². The normalized spacial score (nSPS) is 19.4. The van der Waals surface area contributed by atoms with E-state index in [1.165, 1.54) is 7.11 Å². The maximum Gasteiger partial charge on any atom is 0.341 e. The third-order valence-corrected chi connectivity index (χ3v) is 5.31. The summed E-state index contributed by atoms with van der Waals surface area (Å²) in [6, 6.07) is 0. The number of amides is 1. The Morgan fingerprint density at radius 3 is 2.70 bits per heavy atom. The van der Waals surface area contributed by atoms with Gasteiger partial charge in [-0.05, 0) is 17.9 Å². The predicted octanol–water partition coefficient (Wildman–Crippen LogP) is 1.25. The fourth-order valence-electron chi connectivity index (χ4n) is 2.04. The summed E-state index contributed by atoms with van der Waals surface area (Å²) in [5.74, 6) is -1.14. The van der Waals surface area contributed by atoms with Crippen LogP contribution in [0.25, 0.3) is 0 Å². The molecule has 1 aliphatic heterocycles. The number of halogens is 1. The molecular formula is C11H12FNO5S2. The number of rotatable bonds is 3. The van der Waals surface area contributed by atoms with Crippen LogP contribution in [0.5, 0.6) is 0 Å². The zero-order valence-electron chi connectivity index (χ0n) is 10.8. The van der Waals surface area contributed by atoms with Crippen LogP contribution in [0.3, 0.4) is 0 Å². The number of hydrogen-bond acceptors (Lipinski definition) is 6. The predicted molar refractivity (Wildman–Crippen MR) is 71.2 cm³/mol. The van der Waals surface area contributed by atoms with Gasteiger partial charge in [0.05, 0.1) is 12.7 Å². The highest BCUT2D eigenvalue weighted by Crippen LogP contribution is 2.35. The number of nitrogens with zero attached hydrogens (tertiary/aromatic N) is 1. The van der Waals surface area contributed by atoms with Gasteiger partial charge in [0.1, 0.15) is 10.3 Å². The van der Waals surface area contributed by atoms with Crippen molar-refractivity contribution >= 4 is 38.4 Å². The molecule has 1 unspecified atom stereocenters. The molecule has 2 rings (SSSR count). The molecule has 9 heteroatoms. The largest absolute Gasteiger partial charge is 0.465 e. The smallest absolute Gasteiger partial charge is 0.341 e. The van der Waals surface area contributed by atoms with Gasteiger partial charge in [-0.15, -0.1) is 15.2 Å². The van der Waals surface area contributed by atoms with Crippen molar-refractivity contribution in [1.82, 2.24) is 0 Å². The second-order valence-electron chi connectivity index (χ2n) is 4.40. The minimum Gasteiger partial charge on any atom is -0.465 e. The Hall–Kier alpha value is -1.48. The molecule has 0 N–H and O–H groups in total. The zero-order valence-corrected chi connectivity index (χ0v) is 12.4. The van der Waals surface area contributed by atoms with E-state index in [9.17, 15) is 21.9 Å². The highest BCUT2D eigenvalue weighted by molar-refractivity contribution is 7.87. The Bertz CT molecular complexity index is 666. The van der Waals surface area contributed by atoms with E-state index in [0.717, 1.165) is 16.2 Å². The molecule has 1 aromatic rings. The summed E-state index contributed by atoms with van der Waals surface area (Å²) in [7, 11) is -3.57. The minimum atomic E-state index is -4.78. The fourth-order valence-corrected chi connectivity index (χ4v) is 3.78. The van der Waals surface area contributed by atoms with Crippen LogP contribution in [0.4, 0.5) is 8.89 Å². The molecule has 0 spiro atoms. The molecule has 110 valence electrons. The number of thiophene rings is 1. The number of carbonyl (C=O) groups is 2. The molecule has 20 heavy (non-hydrogen) atoms. The summed E-state index contributed by atoms with van der Waals surface area (Å²) in [5.41, 5.74) is 0.832. The number of anilines is 1. The zero-order chi connectivity index (χ0) is 15.1. The molecule has 1 atom stereocenters. The number of methoxy groups -OCH3 is 1. The van der Waals surface area contributed by atoms with Gasteiger partial charge in [-0.1, -0.05) is 0 Å². The Labute approximate surface area is 119 Å². The molecule has 0 saturated carbocycles. The van der Waals surface area contributed by atoms with E-state index in [1.54, 1.807) is 12.3 Å². The first-order valence-electron chi connectivity index (χ1n) is 5.66. The van der Waals surface area contributed by atoms with Crippen molar-refractivity contribution in [2.75, 3.05) is 18.6 Å². The fraction of sp³-hybridized carbons (Fsp3) is 0.455. The minimum absolute atomic E-state index is 0.211. The third kappa shape index (κ3) is 2.55. The third-order valence-electron chi connectivity index (χ3n) is 3.08. The van der Waals surface area contributed by atoms with E-state index in [-0.39, 0.29) is 12.1 Å². The summed E-state index contributed by atoms with van der Waals surface area (Å²) in [6.07, 6.45) is -0.420. The van der Waals surface area contributed by atoms with Gasteiger partial charge in [-0.25, -0.2) is 4.79 Å². The van der Waals surface area contributed by atoms with Crippen LogP contribution in [-0.2, 0) is 19.8 Å². The average molecular weight is 321 g/mol. The number of carbonyl (C=O) groups excluding carboxylic acids is 2. The Morgan fingerprint density at radius 2 is 2.20 bits per heavy atom. The lowest BCUT2D eigenvalue weighted by atomic mass is 10.2. The van der Waals surface area contributed by atoms with E-state index in [1.807, 2.05) is 0 Å². The van der Waals surface area contributed by atoms with Gasteiger partial charge in [0, 0.05) is 13.0 Å². The van der Waals surface area contributed by atoms with Crippen LogP contribution in [0.1, 0.15) is 22.3 Å². The summed E-state index contributed by atoms with van der Waals surface area (Å²) in [5, 5.41) is 0.569. The molecule has 1 fully saturated rings. The Balaban J connectivity index is 2.39. The van der Waals surface area contributed by atoms with Crippen molar-refractivity contribution in [3.63, 3.8) is 0 Å². The number of hydrogen-bond donors (Lipinski definition) is 0. The average Bonchev–Trinajstić information content (AvgIpc) is 2.91. The standard InChI is InChI=1S/C11H12FNO5S2/c1-6-5-19-10(9(6)11(15)18-2)13-4-7(3-8(13)14)20(12,16)17/h5,7H,3-4H2,1-2H3. The van der Waals surface area contributed by atoms with Gasteiger partial charge < -0.3 is 9.64 Å². The maximum absolute atomic E-state index is 13.0. The highest BCUT2D eigenvalue weighted by Gasteiger charge is 2.41. The molecule has 6 nitrogen and oxygen atoms in total. The van der Waals surface area contributed by atoms with Crippen molar-refractivity contribution in [3.8, 4) is 0 Å². The molecule has 1 saturated heterocycles. The van der Waals surface area contributed by atoms with Crippen molar-refractivity contribution in [2.24, 2.45) is 0 Å². The van der Waals surface area contributed by atoms with Gasteiger partial charge in [0.15, 0.2) is 0 Å². The monoisotopic (exact) mass is 321 g/mol. The lowest BCUT2D eigenvalue weighted by molar-refractivity contribution is -0.117. The molecule has 1 aliphatic rings. The lowest BCUT2D eigenvalue weighted by Gasteiger charge is -2.15. The SMILES string of the molecule is COC(=O)c1c(C)csc1N1CC(S(=O)(=O)F)CC1=O. The molecule has 1 aromatic heterocycles. The van der Waals surface area contributed by atoms with Crippen LogP contribution in [0.15, 0.2) is 5.38 Å². The van der Waals surface area contributed by atoms with Gasteiger partial charge >= 0.3 is 16.2 Å². The van der Waals surface area contributed by atoms with Crippen molar-refractivity contribution in [3.05, 3.63) is 16.5 Å². The van der Waals surface area contributed by atoms with Crippen LogP contribution in [-0.4, -0.2) is 39.2 Å². The molecule has 0 bridgehead atoms. The van der Waals surface area contributed by atoms with Crippen LogP contribution in [0, 0.1) is 6.92 Å². The first kappa shape index (κ1) is 14.9. The van der Waals surface area contributed by atoms with Crippen LogP contribution in [0.2, 0.25) is 0 Å². The number of ether oxygens (including phenoxy) is 1. The Kier molecular flexibility index (Phi) is 3.83. The molecule has 0 aliphatic carbocycles. The van der Waals surface area contributed by atoms with Gasteiger partial charge in [0.2, 0.25) is 5.91 Å². The highest BCUT2D eigenvalue weighted by atomic mass is 32.3. The number of esters is 1. The maximum atomic E-state index is 13.0. The van der Waals surface area contributed by atoms with Gasteiger partial charge in [0.25, 0.3) is 0 Å². The summed E-state index contributed by atoms with van der Waals surface area (Å²) in [4.78, 5) is 24.7.